The molecular formula is C9H18N4O2S. The van der Waals surface area contributed by atoms with E-state index < -0.39 is 10.0 Å². The maximum atomic E-state index is 12.1. The number of H-pyrrole nitrogens is 1. The first kappa shape index (κ1) is 13.1. The second-order valence-electron chi connectivity index (χ2n) is 3.46. The van der Waals surface area contributed by atoms with Crippen LogP contribution in [0.15, 0.2) is 17.6 Å². The van der Waals surface area contributed by atoms with Gasteiger partial charge < -0.3 is 10.7 Å². The van der Waals surface area contributed by atoms with Gasteiger partial charge in [0.15, 0.2) is 5.03 Å². The minimum absolute atomic E-state index is 0.137. The Hall–Kier alpha value is -0.920. The molecule has 6 nitrogen and oxygen atoms in total. The third kappa shape index (κ3) is 3.03. The van der Waals surface area contributed by atoms with Crippen LogP contribution in [0, 0.1) is 0 Å². The number of imidazole rings is 1. The molecule has 0 saturated heterocycles. The molecule has 0 radical (unpaired) electrons. The van der Waals surface area contributed by atoms with E-state index in [2.05, 4.69) is 9.97 Å². The van der Waals surface area contributed by atoms with E-state index in [1.807, 2.05) is 6.92 Å². The third-order valence-electron chi connectivity index (χ3n) is 2.18. The smallest absolute Gasteiger partial charge is 0.260 e. The first-order valence-corrected chi connectivity index (χ1v) is 6.75. The lowest BCUT2D eigenvalue weighted by molar-refractivity contribution is 0.404. The molecule has 0 aromatic carbocycles. The predicted molar refractivity (Wildman–Crippen MR) is 61.3 cm³/mol. The number of rotatable bonds is 7. The number of nitrogens with two attached hydrogens (primary N) is 1. The van der Waals surface area contributed by atoms with E-state index in [1.54, 1.807) is 0 Å². The fraction of sp³-hybridized carbons (Fsp3) is 0.667. The van der Waals surface area contributed by atoms with Gasteiger partial charge in [0.2, 0.25) is 0 Å². The second-order valence-corrected chi connectivity index (χ2v) is 5.37. The van der Waals surface area contributed by atoms with Crippen LogP contribution >= 0.6 is 0 Å². The molecule has 1 aromatic heterocycles. The molecule has 0 amide bonds. The van der Waals surface area contributed by atoms with Crippen molar-refractivity contribution in [1.29, 1.82) is 0 Å². The number of nitrogens with zero attached hydrogens (tertiary/aromatic N) is 2. The highest BCUT2D eigenvalue weighted by Gasteiger charge is 2.24. The Morgan fingerprint density at radius 1 is 1.50 bits per heavy atom. The standard InChI is InChI=1S/C9H18N4O2S/c1-2-5-13(6-3-4-10)16(14,15)9-7-11-8-12-9/h7-8H,2-6,10H2,1H3,(H,11,12). The quantitative estimate of drug-likeness (QED) is 0.716. The highest BCUT2D eigenvalue weighted by atomic mass is 32.2. The van der Waals surface area contributed by atoms with Crippen LogP contribution in [-0.4, -0.2) is 42.3 Å². The molecule has 0 saturated carbocycles. The number of hydrogen-bond donors (Lipinski definition) is 2. The van der Waals surface area contributed by atoms with Crippen molar-refractivity contribution in [2.75, 3.05) is 19.6 Å². The van der Waals surface area contributed by atoms with Gasteiger partial charge in [-0.15, -0.1) is 0 Å². The van der Waals surface area contributed by atoms with Crippen LogP contribution < -0.4 is 5.73 Å². The van der Waals surface area contributed by atoms with Crippen molar-refractivity contribution in [1.82, 2.24) is 14.3 Å². The molecule has 92 valence electrons. The maximum Gasteiger partial charge on any atom is 0.260 e. The van der Waals surface area contributed by atoms with Crippen LogP contribution in [0.3, 0.4) is 0 Å². The van der Waals surface area contributed by atoms with Gasteiger partial charge in [0.1, 0.15) is 0 Å². The number of sulfonamides is 1. The Morgan fingerprint density at radius 2 is 2.25 bits per heavy atom. The normalized spacial score (nSPS) is 12.2. The Balaban J connectivity index is 2.84. The van der Waals surface area contributed by atoms with Gasteiger partial charge in [0.05, 0.1) is 12.5 Å². The Morgan fingerprint density at radius 3 is 2.75 bits per heavy atom. The lowest BCUT2D eigenvalue weighted by Crippen LogP contribution is -2.33. The lowest BCUT2D eigenvalue weighted by Gasteiger charge is -2.20. The molecule has 0 aliphatic carbocycles. The molecule has 0 aliphatic rings. The average molecular weight is 246 g/mol. The molecule has 0 aliphatic heterocycles. The molecular weight excluding hydrogens is 228 g/mol. The SMILES string of the molecule is CCCN(CCCN)S(=O)(=O)c1cnc[nH]1. The molecule has 0 atom stereocenters. The fourth-order valence-corrected chi connectivity index (χ4v) is 2.86. The van der Waals surface area contributed by atoms with Crippen molar-refractivity contribution in [3.05, 3.63) is 12.5 Å². The Bertz CT molecular complexity index is 388. The molecule has 7 heteroatoms. The molecule has 0 unspecified atom stereocenters. The molecule has 3 N–H and O–H groups in total. The van der Waals surface area contributed by atoms with Crippen molar-refractivity contribution in [3.63, 3.8) is 0 Å². The van der Waals surface area contributed by atoms with Gasteiger partial charge in [-0.3, -0.25) is 0 Å². The summed E-state index contributed by atoms with van der Waals surface area (Å²) in [6, 6.07) is 0. The van der Waals surface area contributed by atoms with Crippen molar-refractivity contribution in [3.8, 4) is 0 Å². The monoisotopic (exact) mass is 246 g/mol. The molecule has 0 fully saturated rings. The number of nitrogens with one attached hydrogen (secondary N) is 1. The number of aromatic nitrogens is 2. The van der Waals surface area contributed by atoms with Gasteiger partial charge in [0.25, 0.3) is 10.0 Å². The first-order chi connectivity index (χ1) is 7.62. The summed E-state index contributed by atoms with van der Waals surface area (Å²) in [5.41, 5.74) is 5.39. The van der Waals surface area contributed by atoms with E-state index in [4.69, 9.17) is 5.73 Å². The van der Waals surface area contributed by atoms with Crippen molar-refractivity contribution in [2.45, 2.75) is 24.8 Å². The van der Waals surface area contributed by atoms with E-state index in [0.717, 1.165) is 6.42 Å². The molecule has 0 bridgehead atoms. The van der Waals surface area contributed by atoms with Gasteiger partial charge in [-0.1, -0.05) is 6.92 Å². The highest BCUT2D eigenvalue weighted by molar-refractivity contribution is 7.89. The largest absolute Gasteiger partial charge is 0.335 e. The van der Waals surface area contributed by atoms with Crippen LogP contribution in [-0.2, 0) is 10.0 Å². The van der Waals surface area contributed by atoms with Gasteiger partial charge in [-0.2, -0.15) is 4.31 Å². The first-order valence-electron chi connectivity index (χ1n) is 5.31. The number of hydrogen-bond acceptors (Lipinski definition) is 4. The zero-order valence-corrected chi connectivity index (χ0v) is 10.2. The van der Waals surface area contributed by atoms with E-state index in [-0.39, 0.29) is 5.03 Å². The minimum atomic E-state index is -3.43. The van der Waals surface area contributed by atoms with Crippen molar-refractivity contribution >= 4 is 10.0 Å². The topological polar surface area (TPSA) is 92.1 Å². The van der Waals surface area contributed by atoms with E-state index in [9.17, 15) is 8.42 Å². The summed E-state index contributed by atoms with van der Waals surface area (Å²) in [5, 5.41) is 0.137. The van der Waals surface area contributed by atoms with Crippen molar-refractivity contribution < 1.29 is 8.42 Å². The summed E-state index contributed by atoms with van der Waals surface area (Å²) in [4.78, 5) is 6.35. The Labute approximate surface area is 95.9 Å². The van der Waals surface area contributed by atoms with Gasteiger partial charge in [-0.25, -0.2) is 13.4 Å². The number of aromatic amines is 1. The van der Waals surface area contributed by atoms with Crippen LogP contribution in [0.25, 0.3) is 0 Å². The summed E-state index contributed by atoms with van der Waals surface area (Å²) in [6.45, 7) is 3.38. The molecule has 16 heavy (non-hydrogen) atoms. The van der Waals surface area contributed by atoms with E-state index in [0.29, 0.717) is 26.1 Å². The maximum absolute atomic E-state index is 12.1. The van der Waals surface area contributed by atoms with E-state index in [1.165, 1.54) is 16.8 Å². The summed E-state index contributed by atoms with van der Waals surface area (Å²) >= 11 is 0. The summed E-state index contributed by atoms with van der Waals surface area (Å²) in [5.74, 6) is 0. The zero-order valence-electron chi connectivity index (χ0n) is 9.39. The fourth-order valence-electron chi connectivity index (χ4n) is 1.39. The molecule has 0 spiro atoms. The summed E-state index contributed by atoms with van der Waals surface area (Å²) in [6.07, 6.45) is 4.12. The molecule has 1 heterocycles. The van der Waals surface area contributed by atoms with Crippen LogP contribution in [0.5, 0.6) is 0 Å². The zero-order chi connectivity index (χ0) is 12.0. The van der Waals surface area contributed by atoms with Crippen LogP contribution in [0.4, 0.5) is 0 Å². The van der Waals surface area contributed by atoms with E-state index >= 15 is 0 Å². The van der Waals surface area contributed by atoms with Crippen LogP contribution in [0.1, 0.15) is 19.8 Å². The van der Waals surface area contributed by atoms with Crippen LogP contribution in [0.2, 0.25) is 0 Å². The predicted octanol–water partition coefficient (Wildman–Crippen LogP) is 0.159. The summed E-state index contributed by atoms with van der Waals surface area (Å²) in [7, 11) is -3.43. The van der Waals surface area contributed by atoms with Gasteiger partial charge in [0, 0.05) is 13.1 Å². The van der Waals surface area contributed by atoms with Gasteiger partial charge in [-0.05, 0) is 19.4 Å². The highest BCUT2D eigenvalue weighted by Crippen LogP contribution is 2.12. The Kier molecular flexibility index (Phi) is 4.91. The van der Waals surface area contributed by atoms with Crippen molar-refractivity contribution in [2.24, 2.45) is 5.73 Å². The lowest BCUT2D eigenvalue weighted by atomic mass is 10.4. The minimum Gasteiger partial charge on any atom is -0.335 e. The average Bonchev–Trinajstić information content (AvgIpc) is 2.77. The molecule has 1 aromatic rings. The third-order valence-corrected chi connectivity index (χ3v) is 4.00. The summed E-state index contributed by atoms with van der Waals surface area (Å²) < 4.78 is 25.6. The van der Waals surface area contributed by atoms with Gasteiger partial charge >= 0.3 is 0 Å². The second kappa shape index (κ2) is 5.97. The molecule has 1 rings (SSSR count).